The fraction of sp³-hybridized carbons (Fsp3) is 0.273. The molecule has 1 aliphatic heterocycles. The fourth-order valence-electron chi connectivity index (χ4n) is 3.40. The molecular formula is C22H23ClFN5OS. The summed E-state index contributed by atoms with van der Waals surface area (Å²) in [6.45, 7) is 7.40. The first-order valence-corrected chi connectivity index (χ1v) is 10.5. The maximum atomic E-state index is 13.7. The molecule has 162 valence electrons. The van der Waals surface area contributed by atoms with Crippen molar-refractivity contribution in [3.63, 3.8) is 0 Å². The number of aromatic nitrogens is 3. The number of rotatable bonds is 4. The van der Waals surface area contributed by atoms with Crippen LogP contribution < -0.4 is 10.2 Å². The third-order valence-electron chi connectivity index (χ3n) is 5.22. The van der Waals surface area contributed by atoms with Crippen molar-refractivity contribution in [1.82, 2.24) is 15.0 Å². The summed E-state index contributed by atoms with van der Waals surface area (Å²) < 4.78 is 13.7. The average Bonchev–Trinajstić information content (AvgIpc) is 3.17. The van der Waals surface area contributed by atoms with Crippen molar-refractivity contribution in [2.24, 2.45) is 0 Å². The Labute approximate surface area is 190 Å². The summed E-state index contributed by atoms with van der Waals surface area (Å²) in [4.78, 5) is 29.3. The highest BCUT2D eigenvalue weighted by atomic mass is 35.5. The van der Waals surface area contributed by atoms with Gasteiger partial charge in [0.2, 0.25) is 0 Å². The number of carbonyl (C=O) groups is 1. The molecule has 0 saturated heterocycles. The molecule has 0 unspecified atom stereocenters. The van der Waals surface area contributed by atoms with Crippen LogP contribution in [0.4, 0.5) is 15.3 Å². The van der Waals surface area contributed by atoms with Gasteiger partial charge in [0.15, 0.2) is 10.9 Å². The molecule has 4 rings (SSSR count). The van der Waals surface area contributed by atoms with Crippen molar-refractivity contribution in [2.75, 3.05) is 23.3 Å². The molecule has 31 heavy (non-hydrogen) atoms. The van der Waals surface area contributed by atoms with Gasteiger partial charge in [0, 0.05) is 29.7 Å². The lowest BCUT2D eigenvalue weighted by Crippen LogP contribution is -2.31. The number of carbonyl (C=O) groups excluding carboxylic acids is 1. The van der Waals surface area contributed by atoms with Crippen molar-refractivity contribution in [3.05, 3.63) is 69.9 Å². The Balaban J connectivity index is 0.00000272. The molecule has 1 amide bonds. The molecule has 2 aromatic heterocycles. The van der Waals surface area contributed by atoms with Crippen LogP contribution in [-0.2, 0) is 0 Å². The van der Waals surface area contributed by atoms with Gasteiger partial charge in [0.25, 0.3) is 5.91 Å². The van der Waals surface area contributed by atoms with Gasteiger partial charge in [-0.1, -0.05) is 11.6 Å². The molecular weight excluding hydrogens is 437 g/mol. The number of nitrogens with zero attached hydrogens (tertiary/aromatic N) is 4. The highest BCUT2D eigenvalue weighted by molar-refractivity contribution is 7.15. The second-order valence-corrected chi connectivity index (χ2v) is 8.55. The largest absolute Gasteiger partial charge is 0.343 e. The molecule has 3 heterocycles. The molecule has 1 aromatic carbocycles. The van der Waals surface area contributed by atoms with Crippen LogP contribution in [0, 0.1) is 19.7 Å². The first-order valence-electron chi connectivity index (χ1n) is 9.67. The molecule has 0 spiro atoms. The van der Waals surface area contributed by atoms with Gasteiger partial charge in [0.05, 0.1) is 18.1 Å². The number of aryl methyl sites for hydroxylation is 1. The number of anilines is 2. The van der Waals surface area contributed by atoms with E-state index in [9.17, 15) is 9.18 Å². The van der Waals surface area contributed by atoms with Gasteiger partial charge in [-0.2, -0.15) is 0 Å². The highest BCUT2D eigenvalue weighted by Gasteiger charge is 2.21. The van der Waals surface area contributed by atoms with Crippen molar-refractivity contribution >= 4 is 46.2 Å². The van der Waals surface area contributed by atoms with Crippen molar-refractivity contribution in [3.8, 4) is 0 Å². The number of hydrogen-bond donors (Lipinski definition) is 1. The Morgan fingerprint density at radius 2 is 1.94 bits per heavy atom. The van der Waals surface area contributed by atoms with E-state index in [0.29, 0.717) is 11.4 Å². The van der Waals surface area contributed by atoms with E-state index >= 15 is 0 Å². The molecule has 1 N–H and O–H groups in total. The predicted molar refractivity (Wildman–Crippen MR) is 125 cm³/mol. The summed E-state index contributed by atoms with van der Waals surface area (Å²) in [7, 11) is 0. The third kappa shape index (κ3) is 4.91. The quantitative estimate of drug-likeness (QED) is 0.591. The molecule has 0 radical (unpaired) electrons. The minimum Gasteiger partial charge on any atom is -0.343 e. The maximum absolute atomic E-state index is 13.7. The molecule has 6 nitrogen and oxygen atoms in total. The molecule has 0 saturated carbocycles. The molecule has 1 aliphatic rings. The minimum atomic E-state index is -0.413. The molecule has 0 aliphatic carbocycles. The number of thiazole rings is 1. The molecule has 0 atom stereocenters. The van der Waals surface area contributed by atoms with E-state index in [1.807, 2.05) is 6.20 Å². The van der Waals surface area contributed by atoms with Gasteiger partial charge in [-0.3, -0.25) is 9.78 Å². The first kappa shape index (κ1) is 22.8. The predicted octanol–water partition coefficient (Wildman–Crippen LogP) is 5.05. The van der Waals surface area contributed by atoms with Crippen LogP contribution in [0.5, 0.6) is 0 Å². The van der Waals surface area contributed by atoms with E-state index < -0.39 is 11.7 Å². The maximum Gasteiger partial charge on any atom is 0.257 e. The zero-order valence-corrected chi connectivity index (χ0v) is 19.1. The van der Waals surface area contributed by atoms with E-state index in [1.54, 1.807) is 30.5 Å². The van der Waals surface area contributed by atoms with Gasteiger partial charge in [0.1, 0.15) is 5.82 Å². The van der Waals surface area contributed by atoms with Crippen LogP contribution in [0.25, 0.3) is 5.57 Å². The van der Waals surface area contributed by atoms with Crippen LogP contribution in [0.15, 0.2) is 42.4 Å². The SMILES string of the molecule is CC1=C(c2cnc(NC(=O)c3cccc(F)c3C)cn2)CN(c2ncc(C)s2)CC1.Cl. The normalized spacial score (nSPS) is 13.7. The lowest BCUT2D eigenvalue weighted by atomic mass is 9.99. The number of hydrogen-bond acceptors (Lipinski definition) is 6. The van der Waals surface area contributed by atoms with E-state index in [1.165, 1.54) is 28.8 Å². The molecule has 0 bridgehead atoms. The second kappa shape index (κ2) is 9.53. The van der Waals surface area contributed by atoms with Gasteiger partial charge in [-0.05, 0) is 50.5 Å². The Hall–Kier alpha value is -2.84. The standard InChI is InChI=1S/C22H22FN5OS.ClH/c1-13-7-8-28(22-26-9-14(2)30-22)12-17(13)19-10-25-20(11-24-19)27-21(29)16-5-4-6-18(23)15(16)3;/h4-6,9-11H,7-8,12H2,1-3H3,(H,25,27,29);1H. The van der Waals surface area contributed by atoms with E-state index in [2.05, 4.69) is 39.0 Å². The lowest BCUT2D eigenvalue weighted by molar-refractivity contribution is 0.102. The molecule has 0 fully saturated rings. The van der Waals surface area contributed by atoms with Gasteiger partial charge in [-0.15, -0.1) is 23.7 Å². The Bertz CT molecular complexity index is 1130. The number of amides is 1. The zero-order chi connectivity index (χ0) is 21.3. The fourth-order valence-corrected chi connectivity index (χ4v) is 4.18. The van der Waals surface area contributed by atoms with Gasteiger partial charge < -0.3 is 10.2 Å². The smallest absolute Gasteiger partial charge is 0.257 e. The van der Waals surface area contributed by atoms with Crippen molar-refractivity contribution in [1.29, 1.82) is 0 Å². The molecule has 3 aromatic rings. The first-order chi connectivity index (χ1) is 14.4. The molecule has 9 heteroatoms. The lowest BCUT2D eigenvalue weighted by Gasteiger charge is -2.29. The van der Waals surface area contributed by atoms with Gasteiger partial charge in [-0.25, -0.2) is 14.4 Å². The summed E-state index contributed by atoms with van der Waals surface area (Å²) in [6, 6.07) is 4.43. The topological polar surface area (TPSA) is 71.0 Å². The van der Waals surface area contributed by atoms with Crippen LogP contribution in [0.1, 0.15) is 39.8 Å². The third-order valence-corrected chi connectivity index (χ3v) is 6.19. The summed E-state index contributed by atoms with van der Waals surface area (Å²) in [6.07, 6.45) is 6.04. The van der Waals surface area contributed by atoms with Crippen LogP contribution >= 0.6 is 23.7 Å². The van der Waals surface area contributed by atoms with Crippen molar-refractivity contribution < 1.29 is 9.18 Å². The summed E-state index contributed by atoms with van der Waals surface area (Å²) in [5.74, 6) is -0.495. The van der Waals surface area contributed by atoms with E-state index in [-0.39, 0.29) is 18.0 Å². The van der Waals surface area contributed by atoms with E-state index in [4.69, 9.17) is 0 Å². The van der Waals surface area contributed by atoms with Crippen LogP contribution in [-0.4, -0.2) is 33.9 Å². The van der Waals surface area contributed by atoms with Crippen LogP contribution in [0.2, 0.25) is 0 Å². The highest BCUT2D eigenvalue weighted by Crippen LogP contribution is 2.30. The summed E-state index contributed by atoms with van der Waals surface area (Å²) in [5.41, 5.74) is 3.77. The van der Waals surface area contributed by atoms with Crippen LogP contribution in [0.3, 0.4) is 0 Å². The monoisotopic (exact) mass is 459 g/mol. The van der Waals surface area contributed by atoms with Crippen molar-refractivity contribution in [2.45, 2.75) is 27.2 Å². The number of nitrogens with one attached hydrogen (secondary N) is 1. The Morgan fingerprint density at radius 1 is 1.13 bits per heavy atom. The number of benzene rings is 1. The van der Waals surface area contributed by atoms with E-state index in [0.717, 1.165) is 35.9 Å². The van der Waals surface area contributed by atoms with Gasteiger partial charge >= 0.3 is 0 Å². The Morgan fingerprint density at radius 3 is 2.61 bits per heavy atom. The summed E-state index contributed by atoms with van der Waals surface area (Å²) >= 11 is 1.68. The minimum absolute atomic E-state index is 0. The average molecular weight is 460 g/mol. The zero-order valence-electron chi connectivity index (χ0n) is 17.5. The summed E-state index contributed by atoms with van der Waals surface area (Å²) in [5, 5.41) is 3.70. The Kier molecular flexibility index (Phi) is 7.02. The number of halogens is 2. The second-order valence-electron chi connectivity index (χ2n) is 7.34.